The minimum atomic E-state index is -1.40. The molecule has 0 spiro atoms. The number of carbonyl (C=O) groups is 2. The van der Waals surface area contributed by atoms with E-state index in [0.29, 0.717) is 32.7 Å². The van der Waals surface area contributed by atoms with Gasteiger partial charge in [-0.25, -0.2) is 10.2 Å². The Morgan fingerprint density at radius 1 is 0.872 bits per heavy atom. The lowest BCUT2D eigenvalue weighted by atomic mass is 10.1. The second-order valence-electron chi connectivity index (χ2n) is 8.10. The zero-order chi connectivity index (χ0) is 27.8. The fourth-order valence-corrected chi connectivity index (χ4v) is 3.92. The molecule has 0 atom stereocenters. The highest BCUT2D eigenvalue weighted by Gasteiger charge is 2.23. The lowest BCUT2D eigenvalue weighted by Crippen LogP contribution is -2.40. The van der Waals surface area contributed by atoms with Crippen molar-refractivity contribution in [3.8, 4) is 17.2 Å². The Balaban J connectivity index is 1.50. The topological polar surface area (TPSA) is 86.2 Å². The first-order valence-corrected chi connectivity index (χ1v) is 13.1. The molecule has 0 fully saturated rings. The number of nitrogens with one attached hydrogen (secondary N) is 1. The summed E-state index contributed by atoms with van der Waals surface area (Å²) in [6.45, 7) is 1.82. The molecular weight excluding hydrogens is 607 g/mol. The maximum absolute atomic E-state index is 13.0. The van der Waals surface area contributed by atoms with E-state index in [9.17, 15) is 9.59 Å². The summed E-state index contributed by atoms with van der Waals surface area (Å²) in [5.41, 5.74) is 4.08. The van der Waals surface area contributed by atoms with E-state index in [2.05, 4.69) is 26.5 Å². The average molecular weight is 628 g/mol. The number of aryl methyl sites for hydroxylation is 1. The molecule has 4 aromatic rings. The Labute approximate surface area is 243 Å². The van der Waals surface area contributed by atoms with E-state index in [-0.39, 0.29) is 5.75 Å². The van der Waals surface area contributed by atoms with Crippen LogP contribution in [0, 0.1) is 6.92 Å². The SMILES string of the molecule is Cc1ccccc1C(=O)Oc1ccc(Br)cc1/C=N\NC(=O)C(Oc1ccc(Cl)cc1)Oc1ccc(Cl)cc1. The van der Waals surface area contributed by atoms with E-state index in [1.165, 1.54) is 6.21 Å². The minimum Gasteiger partial charge on any atom is -0.446 e. The first kappa shape index (κ1) is 28.2. The molecule has 0 aliphatic heterocycles. The van der Waals surface area contributed by atoms with E-state index in [4.69, 9.17) is 37.4 Å². The first-order valence-electron chi connectivity index (χ1n) is 11.5. The van der Waals surface area contributed by atoms with E-state index in [1.807, 2.05) is 19.1 Å². The normalized spacial score (nSPS) is 10.9. The number of amides is 1. The molecule has 198 valence electrons. The van der Waals surface area contributed by atoms with Crippen molar-refractivity contribution in [1.82, 2.24) is 5.43 Å². The maximum Gasteiger partial charge on any atom is 0.343 e. The van der Waals surface area contributed by atoms with Crippen molar-refractivity contribution >= 4 is 57.2 Å². The summed E-state index contributed by atoms with van der Waals surface area (Å²) in [5.74, 6) is -0.230. The van der Waals surface area contributed by atoms with Crippen LogP contribution in [0.15, 0.2) is 101 Å². The summed E-state index contributed by atoms with van der Waals surface area (Å²) in [6, 6.07) is 25.1. The molecule has 4 aromatic carbocycles. The van der Waals surface area contributed by atoms with Crippen LogP contribution < -0.4 is 19.6 Å². The van der Waals surface area contributed by atoms with Crippen LogP contribution in [0.4, 0.5) is 0 Å². The third-order valence-corrected chi connectivity index (χ3v) is 6.24. The maximum atomic E-state index is 13.0. The minimum absolute atomic E-state index is 0.260. The van der Waals surface area contributed by atoms with Crippen molar-refractivity contribution in [2.24, 2.45) is 5.10 Å². The smallest absolute Gasteiger partial charge is 0.343 e. The van der Waals surface area contributed by atoms with Crippen LogP contribution in [-0.2, 0) is 4.79 Å². The van der Waals surface area contributed by atoms with Crippen LogP contribution >= 0.6 is 39.1 Å². The van der Waals surface area contributed by atoms with Crippen molar-refractivity contribution in [1.29, 1.82) is 0 Å². The van der Waals surface area contributed by atoms with E-state index in [1.54, 1.807) is 78.9 Å². The number of nitrogens with zero attached hydrogens (tertiary/aromatic N) is 1. The van der Waals surface area contributed by atoms with Gasteiger partial charge in [-0.1, -0.05) is 57.3 Å². The second kappa shape index (κ2) is 13.3. The van der Waals surface area contributed by atoms with E-state index < -0.39 is 18.2 Å². The Morgan fingerprint density at radius 3 is 2.05 bits per heavy atom. The predicted molar refractivity (Wildman–Crippen MR) is 154 cm³/mol. The van der Waals surface area contributed by atoms with Gasteiger partial charge in [0.25, 0.3) is 0 Å². The molecule has 4 rings (SSSR count). The van der Waals surface area contributed by atoms with Crippen molar-refractivity contribution < 1.29 is 23.8 Å². The van der Waals surface area contributed by atoms with Crippen molar-refractivity contribution in [2.75, 3.05) is 0 Å². The summed E-state index contributed by atoms with van der Waals surface area (Å²) >= 11 is 15.3. The number of halogens is 3. The van der Waals surface area contributed by atoms with Gasteiger partial charge in [0.1, 0.15) is 17.2 Å². The van der Waals surface area contributed by atoms with Gasteiger partial charge in [0.15, 0.2) is 0 Å². The van der Waals surface area contributed by atoms with E-state index in [0.717, 1.165) is 10.0 Å². The second-order valence-corrected chi connectivity index (χ2v) is 9.88. The van der Waals surface area contributed by atoms with Gasteiger partial charge >= 0.3 is 18.2 Å². The molecule has 0 bridgehead atoms. The lowest BCUT2D eigenvalue weighted by molar-refractivity contribution is -0.140. The molecule has 0 radical (unpaired) electrons. The number of hydrazone groups is 1. The van der Waals surface area contributed by atoms with Crippen LogP contribution in [0.3, 0.4) is 0 Å². The third-order valence-electron chi connectivity index (χ3n) is 5.25. The van der Waals surface area contributed by atoms with Gasteiger partial charge in [0, 0.05) is 20.1 Å². The molecule has 0 unspecified atom stereocenters. The highest BCUT2D eigenvalue weighted by Crippen LogP contribution is 2.24. The summed E-state index contributed by atoms with van der Waals surface area (Å²) < 4.78 is 17.8. The number of esters is 1. The number of hydrogen-bond donors (Lipinski definition) is 1. The molecule has 0 aromatic heterocycles. The van der Waals surface area contributed by atoms with Gasteiger partial charge < -0.3 is 14.2 Å². The van der Waals surface area contributed by atoms with Crippen LogP contribution in [0.1, 0.15) is 21.5 Å². The number of rotatable bonds is 9. The fourth-order valence-electron chi connectivity index (χ4n) is 3.29. The largest absolute Gasteiger partial charge is 0.446 e. The Bertz CT molecular complexity index is 1450. The third kappa shape index (κ3) is 8.07. The predicted octanol–water partition coefficient (Wildman–Crippen LogP) is 7.22. The Kier molecular flexibility index (Phi) is 9.59. The molecule has 1 amide bonds. The summed E-state index contributed by atoms with van der Waals surface area (Å²) in [4.78, 5) is 25.7. The average Bonchev–Trinajstić information content (AvgIpc) is 2.92. The number of benzene rings is 4. The lowest BCUT2D eigenvalue weighted by Gasteiger charge is -2.19. The number of carbonyl (C=O) groups excluding carboxylic acids is 2. The highest BCUT2D eigenvalue weighted by molar-refractivity contribution is 9.10. The van der Waals surface area contributed by atoms with E-state index >= 15 is 0 Å². The van der Waals surface area contributed by atoms with Crippen LogP contribution in [0.2, 0.25) is 10.0 Å². The number of hydrogen-bond acceptors (Lipinski definition) is 6. The molecule has 39 heavy (non-hydrogen) atoms. The summed E-state index contributed by atoms with van der Waals surface area (Å²) in [6.07, 6.45) is -0.0459. The molecule has 10 heteroatoms. The molecule has 7 nitrogen and oxygen atoms in total. The molecule has 0 aliphatic rings. The zero-order valence-electron chi connectivity index (χ0n) is 20.4. The summed E-state index contributed by atoms with van der Waals surface area (Å²) in [5, 5.41) is 5.06. The molecule has 1 N–H and O–H groups in total. The first-order chi connectivity index (χ1) is 18.8. The van der Waals surface area contributed by atoms with Gasteiger partial charge in [-0.3, -0.25) is 4.79 Å². The van der Waals surface area contributed by atoms with Gasteiger partial charge in [-0.2, -0.15) is 5.10 Å². The standard InChI is InChI=1S/C29H21BrCl2N2O5/c1-18-4-2-3-5-25(18)28(36)39-26-15-6-20(30)16-19(26)17-33-34-27(35)29(37-23-11-7-21(31)8-12-23)38-24-13-9-22(32)10-14-24/h2-17,29H,1H3,(H,34,35)/b33-17-. The van der Waals surface area contributed by atoms with Gasteiger partial charge in [-0.15, -0.1) is 0 Å². The van der Waals surface area contributed by atoms with Crippen molar-refractivity contribution in [3.05, 3.63) is 122 Å². The summed E-state index contributed by atoms with van der Waals surface area (Å²) in [7, 11) is 0. The highest BCUT2D eigenvalue weighted by atomic mass is 79.9. The molecule has 0 heterocycles. The number of ether oxygens (including phenoxy) is 3. The zero-order valence-corrected chi connectivity index (χ0v) is 23.5. The molecular formula is C29H21BrCl2N2O5. The quantitative estimate of drug-likeness (QED) is 0.0696. The molecule has 0 saturated carbocycles. The van der Waals surface area contributed by atoms with Crippen molar-refractivity contribution in [3.63, 3.8) is 0 Å². The van der Waals surface area contributed by atoms with Crippen molar-refractivity contribution in [2.45, 2.75) is 13.2 Å². The Hall–Kier alpha value is -3.85. The van der Waals surface area contributed by atoms with Crippen LogP contribution in [0.5, 0.6) is 17.2 Å². The van der Waals surface area contributed by atoms with Crippen LogP contribution in [0.25, 0.3) is 0 Å². The van der Waals surface area contributed by atoms with Crippen LogP contribution in [-0.4, -0.2) is 24.4 Å². The fraction of sp³-hybridized carbons (Fsp3) is 0.0690. The van der Waals surface area contributed by atoms with Gasteiger partial charge in [0.05, 0.1) is 11.8 Å². The monoisotopic (exact) mass is 626 g/mol. The molecule has 0 saturated heterocycles. The molecule has 0 aliphatic carbocycles. The van der Waals surface area contributed by atoms with Gasteiger partial charge in [0.2, 0.25) is 0 Å². The Morgan fingerprint density at radius 2 is 1.46 bits per heavy atom. The van der Waals surface area contributed by atoms with Gasteiger partial charge in [-0.05, 0) is 85.3 Å².